The Labute approximate surface area is 88.7 Å². The molecule has 0 saturated heterocycles. The third-order valence-electron chi connectivity index (χ3n) is 2.49. The van der Waals surface area contributed by atoms with E-state index in [9.17, 15) is 9.50 Å². The van der Waals surface area contributed by atoms with Crippen molar-refractivity contribution in [2.24, 2.45) is 0 Å². The summed E-state index contributed by atoms with van der Waals surface area (Å²) in [6.07, 6.45) is 1.20. The lowest BCUT2D eigenvalue weighted by Gasteiger charge is -2.21. The highest BCUT2D eigenvalue weighted by molar-refractivity contribution is 5.37. The molecule has 2 nitrogen and oxygen atoms in total. The topological polar surface area (TPSA) is 29.5 Å². The van der Waals surface area contributed by atoms with Gasteiger partial charge in [-0.1, -0.05) is 0 Å². The molecule has 2 rings (SSSR count). The fraction of sp³-hybridized carbons (Fsp3) is 0.500. The Balaban J connectivity index is 2.09. The van der Waals surface area contributed by atoms with Gasteiger partial charge in [-0.05, 0) is 32.0 Å². The van der Waals surface area contributed by atoms with Gasteiger partial charge in [0, 0.05) is 18.4 Å². The molecule has 3 heteroatoms. The van der Waals surface area contributed by atoms with Gasteiger partial charge >= 0.3 is 0 Å². The van der Waals surface area contributed by atoms with E-state index in [0.29, 0.717) is 12.8 Å². The molecule has 1 aliphatic rings. The van der Waals surface area contributed by atoms with Crippen molar-refractivity contribution in [1.29, 1.82) is 0 Å². The molecule has 1 aromatic rings. The molecule has 1 heterocycles. The summed E-state index contributed by atoms with van der Waals surface area (Å²) in [4.78, 5) is 0. The zero-order chi connectivity index (χ0) is 11.1. The summed E-state index contributed by atoms with van der Waals surface area (Å²) in [5.41, 5.74) is 0.148. The summed E-state index contributed by atoms with van der Waals surface area (Å²) in [5, 5.41) is 9.66. The van der Waals surface area contributed by atoms with Crippen molar-refractivity contribution >= 4 is 0 Å². The second-order valence-corrected chi connectivity index (χ2v) is 4.71. The molecular formula is C12H15FO2. The zero-order valence-corrected chi connectivity index (χ0v) is 8.96. The number of fused-ring (bicyclic) bond motifs is 1. The third-order valence-corrected chi connectivity index (χ3v) is 2.49. The normalized spacial score (nSPS) is 19.9. The molecule has 0 bridgehead atoms. The minimum atomic E-state index is -0.745. The zero-order valence-electron chi connectivity index (χ0n) is 8.96. The van der Waals surface area contributed by atoms with Crippen LogP contribution in [0.4, 0.5) is 4.39 Å². The number of ether oxygens (including phenoxy) is 1. The van der Waals surface area contributed by atoms with Crippen LogP contribution in [0.15, 0.2) is 18.2 Å². The van der Waals surface area contributed by atoms with Crippen molar-refractivity contribution in [2.75, 3.05) is 0 Å². The lowest BCUT2D eigenvalue weighted by Crippen LogP contribution is -2.28. The Morgan fingerprint density at radius 3 is 2.93 bits per heavy atom. The molecule has 1 atom stereocenters. The first-order chi connectivity index (χ1) is 6.94. The lowest BCUT2D eigenvalue weighted by atomic mass is 9.98. The van der Waals surface area contributed by atoms with E-state index in [1.165, 1.54) is 12.1 Å². The Hall–Kier alpha value is -1.09. The van der Waals surface area contributed by atoms with Gasteiger partial charge in [-0.15, -0.1) is 0 Å². The van der Waals surface area contributed by atoms with Crippen LogP contribution < -0.4 is 4.74 Å². The fourth-order valence-corrected chi connectivity index (χ4v) is 1.96. The van der Waals surface area contributed by atoms with E-state index >= 15 is 0 Å². The maximum Gasteiger partial charge on any atom is 0.123 e. The van der Waals surface area contributed by atoms with Gasteiger partial charge < -0.3 is 9.84 Å². The van der Waals surface area contributed by atoms with Crippen LogP contribution >= 0.6 is 0 Å². The highest BCUT2D eigenvalue weighted by Crippen LogP contribution is 2.32. The van der Waals surface area contributed by atoms with Crippen LogP contribution in [0.5, 0.6) is 5.75 Å². The smallest absolute Gasteiger partial charge is 0.123 e. The summed E-state index contributed by atoms with van der Waals surface area (Å²) in [5.74, 6) is 0.506. The Morgan fingerprint density at radius 2 is 2.27 bits per heavy atom. The van der Waals surface area contributed by atoms with Crippen LogP contribution in [0, 0.1) is 5.82 Å². The fourth-order valence-electron chi connectivity index (χ4n) is 1.96. The minimum Gasteiger partial charge on any atom is -0.490 e. The van der Waals surface area contributed by atoms with Crippen molar-refractivity contribution in [1.82, 2.24) is 0 Å². The molecule has 1 aromatic carbocycles. The number of hydrogen-bond acceptors (Lipinski definition) is 2. The van der Waals surface area contributed by atoms with Crippen molar-refractivity contribution in [3.8, 4) is 5.75 Å². The van der Waals surface area contributed by atoms with Crippen molar-refractivity contribution in [3.63, 3.8) is 0 Å². The minimum absolute atomic E-state index is 0.0400. The van der Waals surface area contributed by atoms with E-state index < -0.39 is 5.60 Å². The van der Waals surface area contributed by atoms with Crippen LogP contribution in [0.3, 0.4) is 0 Å². The first-order valence-corrected chi connectivity index (χ1v) is 5.11. The second kappa shape index (κ2) is 3.49. The van der Waals surface area contributed by atoms with Gasteiger partial charge in [0.25, 0.3) is 0 Å². The molecule has 0 aliphatic carbocycles. The van der Waals surface area contributed by atoms with E-state index in [4.69, 9.17) is 4.74 Å². The molecule has 0 spiro atoms. The summed E-state index contributed by atoms with van der Waals surface area (Å²) < 4.78 is 18.5. The van der Waals surface area contributed by atoms with E-state index in [2.05, 4.69) is 0 Å². The Bertz CT molecular complexity index is 368. The highest BCUT2D eigenvalue weighted by atomic mass is 19.1. The predicted molar refractivity (Wildman–Crippen MR) is 55.4 cm³/mol. The molecule has 0 saturated carbocycles. The standard InChI is InChI=1S/C12H15FO2/c1-12(2,14)7-10-6-8-5-9(13)3-4-11(8)15-10/h3-5,10,14H,6-7H2,1-2H3. The molecule has 0 fully saturated rings. The molecule has 82 valence electrons. The van der Waals surface area contributed by atoms with Gasteiger partial charge in [-0.2, -0.15) is 0 Å². The average molecular weight is 210 g/mol. The molecule has 1 unspecified atom stereocenters. The van der Waals surface area contributed by atoms with Gasteiger partial charge in [0.05, 0.1) is 5.60 Å². The summed E-state index contributed by atoms with van der Waals surface area (Å²) in [6.45, 7) is 3.50. The molecule has 1 N–H and O–H groups in total. The Morgan fingerprint density at radius 1 is 1.53 bits per heavy atom. The molecule has 1 aliphatic heterocycles. The second-order valence-electron chi connectivity index (χ2n) is 4.71. The van der Waals surface area contributed by atoms with E-state index in [-0.39, 0.29) is 11.9 Å². The largest absolute Gasteiger partial charge is 0.490 e. The van der Waals surface area contributed by atoms with Crippen LogP contribution in [-0.2, 0) is 6.42 Å². The maximum atomic E-state index is 12.9. The summed E-state index contributed by atoms with van der Waals surface area (Å²) in [6, 6.07) is 4.54. The molecule has 15 heavy (non-hydrogen) atoms. The first-order valence-electron chi connectivity index (χ1n) is 5.11. The molecular weight excluding hydrogens is 195 g/mol. The van der Waals surface area contributed by atoms with E-state index in [0.717, 1.165) is 11.3 Å². The third kappa shape index (κ3) is 2.48. The molecule has 0 amide bonds. The van der Waals surface area contributed by atoms with Crippen molar-refractivity contribution < 1.29 is 14.2 Å². The quantitative estimate of drug-likeness (QED) is 0.811. The SMILES string of the molecule is CC(C)(O)CC1Cc2cc(F)ccc2O1. The number of halogens is 1. The monoisotopic (exact) mass is 210 g/mol. The highest BCUT2D eigenvalue weighted by Gasteiger charge is 2.28. The van der Waals surface area contributed by atoms with Gasteiger partial charge in [0.15, 0.2) is 0 Å². The summed E-state index contributed by atoms with van der Waals surface area (Å²) in [7, 11) is 0. The Kier molecular flexibility index (Phi) is 2.43. The molecule has 0 aromatic heterocycles. The molecule has 0 radical (unpaired) electrons. The number of rotatable bonds is 2. The predicted octanol–water partition coefficient (Wildman–Crippen LogP) is 2.29. The number of benzene rings is 1. The van der Waals surface area contributed by atoms with E-state index in [1.54, 1.807) is 19.9 Å². The summed E-state index contributed by atoms with van der Waals surface area (Å²) >= 11 is 0. The van der Waals surface area contributed by atoms with Crippen LogP contribution in [0.1, 0.15) is 25.8 Å². The van der Waals surface area contributed by atoms with Crippen LogP contribution in [0.25, 0.3) is 0 Å². The van der Waals surface area contributed by atoms with Crippen LogP contribution in [0.2, 0.25) is 0 Å². The lowest BCUT2D eigenvalue weighted by molar-refractivity contribution is 0.0333. The van der Waals surface area contributed by atoms with Crippen molar-refractivity contribution in [2.45, 2.75) is 38.4 Å². The average Bonchev–Trinajstić information content (AvgIpc) is 2.42. The van der Waals surface area contributed by atoms with Gasteiger partial charge in [-0.3, -0.25) is 0 Å². The van der Waals surface area contributed by atoms with Gasteiger partial charge in [0.1, 0.15) is 17.7 Å². The van der Waals surface area contributed by atoms with Gasteiger partial charge in [0.2, 0.25) is 0 Å². The number of aliphatic hydroxyl groups is 1. The number of hydrogen-bond donors (Lipinski definition) is 1. The maximum absolute atomic E-state index is 12.9. The van der Waals surface area contributed by atoms with E-state index in [1.807, 2.05) is 0 Å². The van der Waals surface area contributed by atoms with Crippen molar-refractivity contribution in [3.05, 3.63) is 29.6 Å². The van der Waals surface area contributed by atoms with Crippen LogP contribution in [-0.4, -0.2) is 16.8 Å². The first kappa shape index (κ1) is 10.4. The van der Waals surface area contributed by atoms with Gasteiger partial charge in [-0.25, -0.2) is 4.39 Å².